The van der Waals surface area contributed by atoms with E-state index in [1.54, 1.807) is 31.2 Å². The molecule has 1 aromatic rings. The fraction of sp³-hybridized carbons (Fsp3) is 0.417. The van der Waals surface area contributed by atoms with E-state index < -0.39 is 12.7 Å². The van der Waals surface area contributed by atoms with Gasteiger partial charge in [0.05, 0.1) is 6.54 Å². The van der Waals surface area contributed by atoms with Gasteiger partial charge in [-0.3, -0.25) is 4.90 Å². The predicted molar refractivity (Wildman–Crippen MR) is 66.0 cm³/mol. The van der Waals surface area contributed by atoms with Gasteiger partial charge in [-0.2, -0.15) is 13.2 Å². The average Bonchev–Trinajstić information content (AvgIpc) is 2.35. The summed E-state index contributed by atoms with van der Waals surface area (Å²) in [5.74, 6) is -0.0688. The minimum Gasteiger partial charge on any atom is -0.409 e. The van der Waals surface area contributed by atoms with E-state index in [0.29, 0.717) is 11.1 Å². The number of alkyl halides is 3. The van der Waals surface area contributed by atoms with E-state index in [2.05, 4.69) is 5.16 Å². The first kappa shape index (κ1) is 15.3. The van der Waals surface area contributed by atoms with Crippen LogP contribution in [0.4, 0.5) is 13.2 Å². The van der Waals surface area contributed by atoms with Crippen molar-refractivity contribution in [1.29, 1.82) is 0 Å². The minimum absolute atomic E-state index is 0.0688. The van der Waals surface area contributed by atoms with E-state index in [0.717, 1.165) is 0 Å². The Kier molecular flexibility index (Phi) is 5.17. The quantitative estimate of drug-likeness (QED) is 0.375. The summed E-state index contributed by atoms with van der Waals surface area (Å²) in [6.07, 6.45) is -4.22. The zero-order chi connectivity index (χ0) is 14.5. The molecule has 0 fully saturated rings. The monoisotopic (exact) mass is 275 g/mol. The molecule has 0 saturated carbocycles. The van der Waals surface area contributed by atoms with Crippen LogP contribution >= 0.6 is 0 Å². The standard InChI is InChI=1S/C12H16F3N3O/c1-2-18(8-12(13,14)15)7-9-4-3-5-10(6-9)11(16)17-19/h3-6,19H,2,7-8H2,1H3,(H2,16,17). The Hall–Kier alpha value is -1.76. The molecule has 0 amide bonds. The van der Waals surface area contributed by atoms with E-state index in [1.165, 1.54) is 4.90 Å². The van der Waals surface area contributed by atoms with Crippen molar-refractivity contribution in [1.82, 2.24) is 4.90 Å². The summed E-state index contributed by atoms with van der Waals surface area (Å²) >= 11 is 0. The maximum absolute atomic E-state index is 12.3. The van der Waals surface area contributed by atoms with Gasteiger partial charge in [-0.15, -0.1) is 0 Å². The summed E-state index contributed by atoms with van der Waals surface area (Å²) in [7, 11) is 0. The summed E-state index contributed by atoms with van der Waals surface area (Å²) in [5, 5.41) is 11.4. The van der Waals surface area contributed by atoms with Crippen molar-refractivity contribution in [2.24, 2.45) is 10.9 Å². The molecule has 0 heterocycles. The van der Waals surface area contributed by atoms with Crippen LogP contribution < -0.4 is 5.73 Å². The topological polar surface area (TPSA) is 61.8 Å². The van der Waals surface area contributed by atoms with Gasteiger partial charge in [0.2, 0.25) is 0 Å². The van der Waals surface area contributed by atoms with Crippen LogP contribution in [0.3, 0.4) is 0 Å². The summed E-state index contributed by atoms with van der Waals surface area (Å²) < 4.78 is 37.0. The number of nitrogens with zero attached hydrogens (tertiary/aromatic N) is 2. The van der Waals surface area contributed by atoms with Gasteiger partial charge in [0, 0.05) is 12.1 Å². The smallest absolute Gasteiger partial charge is 0.401 e. The molecule has 0 saturated heterocycles. The van der Waals surface area contributed by atoms with Crippen molar-refractivity contribution in [3.05, 3.63) is 35.4 Å². The molecule has 0 atom stereocenters. The highest BCUT2D eigenvalue weighted by atomic mass is 19.4. The lowest BCUT2D eigenvalue weighted by Gasteiger charge is -2.22. The molecule has 0 aliphatic rings. The molecule has 106 valence electrons. The highest BCUT2D eigenvalue weighted by molar-refractivity contribution is 5.97. The normalized spacial score (nSPS) is 13.0. The van der Waals surface area contributed by atoms with Crippen molar-refractivity contribution in [2.75, 3.05) is 13.1 Å². The molecule has 3 N–H and O–H groups in total. The lowest BCUT2D eigenvalue weighted by Crippen LogP contribution is -2.33. The van der Waals surface area contributed by atoms with Crippen LogP contribution in [0.5, 0.6) is 0 Å². The minimum atomic E-state index is -4.22. The molecule has 19 heavy (non-hydrogen) atoms. The van der Waals surface area contributed by atoms with Crippen LogP contribution in [0.1, 0.15) is 18.1 Å². The van der Waals surface area contributed by atoms with Gasteiger partial charge >= 0.3 is 6.18 Å². The summed E-state index contributed by atoms with van der Waals surface area (Å²) in [6, 6.07) is 6.59. The third-order valence-electron chi connectivity index (χ3n) is 2.59. The van der Waals surface area contributed by atoms with E-state index in [4.69, 9.17) is 10.9 Å². The van der Waals surface area contributed by atoms with Gasteiger partial charge < -0.3 is 10.9 Å². The SMILES string of the molecule is CCN(Cc1cccc(C(N)=NO)c1)CC(F)(F)F. The van der Waals surface area contributed by atoms with Gasteiger partial charge in [0.15, 0.2) is 5.84 Å². The summed E-state index contributed by atoms with van der Waals surface area (Å²) in [5.41, 5.74) is 6.59. The second-order valence-corrected chi connectivity index (χ2v) is 4.10. The van der Waals surface area contributed by atoms with Crippen molar-refractivity contribution in [3.8, 4) is 0 Å². The number of amidine groups is 1. The second kappa shape index (κ2) is 6.42. The zero-order valence-electron chi connectivity index (χ0n) is 10.5. The molecule has 0 aliphatic heterocycles. The number of halogens is 3. The number of hydrogen-bond donors (Lipinski definition) is 2. The van der Waals surface area contributed by atoms with Gasteiger partial charge in [0.25, 0.3) is 0 Å². The molecule has 0 spiro atoms. The number of nitrogens with two attached hydrogens (primary N) is 1. The largest absolute Gasteiger partial charge is 0.409 e. The summed E-state index contributed by atoms with van der Waals surface area (Å²) in [6.45, 7) is 1.15. The fourth-order valence-electron chi connectivity index (χ4n) is 1.68. The third-order valence-corrected chi connectivity index (χ3v) is 2.59. The van der Waals surface area contributed by atoms with Crippen molar-refractivity contribution < 1.29 is 18.4 Å². The lowest BCUT2D eigenvalue weighted by molar-refractivity contribution is -0.146. The van der Waals surface area contributed by atoms with Gasteiger partial charge in [-0.1, -0.05) is 30.3 Å². The van der Waals surface area contributed by atoms with Crippen LogP contribution in [-0.2, 0) is 6.54 Å². The first-order valence-corrected chi connectivity index (χ1v) is 5.71. The Bertz CT molecular complexity index is 446. The highest BCUT2D eigenvalue weighted by Gasteiger charge is 2.29. The Morgan fingerprint density at radius 1 is 1.42 bits per heavy atom. The molecule has 1 rings (SSSR count). The molecule has 0 radical (unpaired) electrons. The fourth-order valence-corrected chi connectivity index (χ4v) is 1.68. The molecule has 4 nitrogen and oxygen atoms in total. The molecule has 0 aliphatic carbocycles. The average molecular weight is 275 g/mol. The number of oxime groups is 1. The van der Waals surface area contributed by atoms with Crippen LogP contribution in [0.15, 0.2) is 29.4 Å². The maximum atomic E-state index is 12.3. The zero-order valence-corrected chi connectivity index (χ0v) is 10.5. The van der Waals surface area contributed by atoms with Gasteiger partial charge in [0.1, 0.15) is 0 Å². The van der Waals surface area contributed by atoms with E-state index >= 15 is 0 Å². The maximum Gasteiger partial charge on any atom is 0.401 e. The summed E-state index contributed by atoms with van der Waals surface area (Å²) in [4.78, 5) is 1.27. The van der Waals surface area contributed by atoms with Gasteiger partial charge in [-0.25, -0.2) is 0 Å². The van der Waals surface area contributed by atoms with Crippen LogP contribution in [-0.4, -0.2) is 35.2 Å². The Labute approximate surface area is 109 Å². The first-order valence-electron chi connectivity index (χ1n) is 5.71. The van der Waals surface area contributed by atoms with Crippen molar-refractivity contribution in [2.45, 2.75) is 19.6 Å². The number of benzene rings is 1. The van der Waals surface area contributed by atoms with Crippen LogP contribution in [0.25, 0.3) is 0 Å². The first-order chi connectivity index (χ1) is 8.85. The number of rotatable bonds is 5. The Morgan fingerprint density at radius 3 is 2.63 bits per heavy atom. The predicted octanol–water partition coefficient (Wildman–Crippen LogP) is 2.17. The number of hydrogen-bond acceptors (Lipinski definition) is 3. The van der Waals surface area contributed by atoms with E-state index in [1.807, 2.05) is 0 Å². The van der Waals surface area contributed by atoms with Crippen molar-refractivity contribution in [3.63, 3.8) is 0 Å². The van der Waals surface area contributed by atoms with Gasteiger partial charge in [-0.05, 0) is 18.2 Å². The molecule has 1 aromatic carbocycles. The second-order valence-electron chi connectivity index (χ2n) is 4.10. The van der Waals surface area contributed by atoms with Crippen LogP contribution in [0.2, 0.25) is 0 Å². The lowest BCUT2D eigenvalue weighted by atomic mass is 10.1. The Morgan fingerprint density at radius 2 is 2.11 bits per heavy atom. The highest BCUT2D eigenvalue weighted by Crippen LogP contribution is 2.18. The Balaban J connectivity index is 2.80. The van der Waals surface area contributed by atoms with Crippen molar-refractivity contribution >= 4 is 5.84 Å². The molecule has 7 heteroatoms. The third kappa shape index (κ3) is 5.17. The van der Waals surface area contributed by atoms with E-state index in [9.17, 15) is 13.2 Å². The van der Waals surface area contributed by atoms with E-state index in [-0.39, 0.29) is 18.9 Å². The molecule has 0 bridgehead atoms. The van der Waals surface area contributed by atoms with Crippen LogP contribution in [0, 0.1) is 0 Å². The molecule has 0 aromatic heterocycles. The molecule has 0 unspecified atom stereocenters. The molecular formula is C12H16F3N3O. The molecular weight excluding hydrogens is 259 g/mol.